The molecule has 0 spiro atoms. The van der Waals surface area contributed by atoms with Crippen molar-refractivity contribution in [3.05, 3.63) is 34.1 Å². The molecule has 0 N–H and O–H groups in total. The second kappa shape index (κ2) is 2.49. The smallest absolute Gasteiger partial charge is 0.142 e. The van der Waals surface area contributed by atoms with E-state index in [4.69, 9.17) is 11.6 Å². The Hall–Kier alpha value is -0.560. The van der Waals surface area contributed by atoms with E-state index in [0.717, 1.165) is 24.8 Å². The van der Waals surface area contributed by atoms with E-state index in [9.17, 15) is 4.39 Å². The largest absolute Gasteiger partial charge is 0.205 e. The fourth-order valence-corrected chi connectivity index (χ4v) is 1.75. The normalized spacial score (nSPS) is 15.1. The van der Waals surface area contributed by atoms with Crippen molar-refractivity contribution in [1.29, 1.82) is 0 Å². The number of fused-ring (bicyclic) bond motifs is 1. The van der Waals surface area contributed by atoms with E-state index in [0.29, 0.717) is 0 Å². The average Bonchev–Trinajstić information content (AvgIpc) is 2.36. The number of halogens is 2. The summed E-state index contributed by atoms with van der Waals surface area (Å²) in [5.41, 5.74) is 2.35. The third-order valence-electron chi connectivity index (χ3n) is 2.13. The number of aryl methyl sites for hydroxylation is 2. The van der Waals surface area contributed by atoms with Gasteiger partial charge in [-0.1, -0.05) is 11.6 Å². The highest BCUT2D eigenvalue weighted by Gasteiger charge is 2.13. The van der Waals surface area contributed by atoms with Crippen LogP contribution in [-0.4, -0.2) is 0 Å². The molecule has 0 amide bonds. The Morgan fingerprint density at radius 3 is 2.55 bits per heavy atom. The highest BCUT2D eigenvalue weighted by atomic mass is 35.5. The predicted octanol–water partition coefficient (Wildman–Crippen LogP) is 2.97. The average molecular weight is 171 g/mol. The van der Waals surface area contributed by atoms with Crippen molar-refractivity contribution >= 4 is 11.6 Å². The maximum absolute atomic E-state index is 12.8. The first-order chi connectivity index (χ1) is 5.27. The van der Waals surface area contributed by atoms with Crippen LogP contribution in [0.4, 0.5) is 4.39 Å². The summed E-state index contributed by atoms with van der Waals surface area (Å²) < 4.78 is 12.8. The van der Waals surface area contributed by atoms with Gasteiger partial charge in [0.15, 0.2) is 0 Å². The van der Waals surface area contributed by atoms with Gasteiger partial charge < -0.3 is 0 Å². The first-order valence-corrected chi connectivity index (χ1v) is 4.12. The van der Waals surface area contributed by atoms with Gasteiger partial charge in [0.1, 0.15) is 5.82 Å². The molecule has 0 fully saturated rings. The fraction of sp³-hybridized carbons (Fsp3) is 0.333. The predicted molar refractivity (Wildman–Crippen MR) is 43.4 cm³/mol. The number of hydrogen-bond donors (Lipinski definition) is 0. The van der Waals surface area contributed by atoms with Gasteiger partial charge in [-0.15, -0.1) is 0 Å². The van der Waals surface area contributed by atoms with Gasteiger partial charge >= 0.3 is 0 Å². The van der Waals surface area contributed by atoms with Gasteiger partial charge in [0.05, 0.1) is 5.02 Å². The van der Waals surface area contributed by atoms with E-state index in [2.05, 4.69) is 0 Å². The van der Waals surface area contributed by atoms with E-state index in [1.165, 1.54) is 5.56 Å². The minimum atomic E-state index is -0.285. The van der Waals surface area contributed by atoms with Crippen molar-refractivity contribution in [2.24, 2.45) is 0 Å². The van der Waals surface area contributed by atoms with Crippen molar-refractivity contribution < 1.29 is 4.39 Å². The maximum atomic E-state index is 12.8. The molecule has 11 heavy (non-hydrogen) atoms. The van der Waals surface area contributed by atoms with Crippen LogP contribution >= 0.6 is 11.6 Å². The van der Waals surface area contributed by atoms with Crippen LogP contribution in [0.1, 0.15) is 17.5 Å². The Morgan fingerprint density at radius 1 is 1.18 bits per heavy atom. The SMILES string of the molecule is Fc1cc2c(cc1Cl)CCC2. The summed E-state index contributed by atoms with van der Waals surface area (Å²) in [5.74, 6) is -0.285. The standard InChI is InChI=1S/C9H8ClF/c10-8-4-6-2-1-3-7(6)5-9(8)11/h4-5H,1-3H2. The Labute approximate surface area is 70.0 Å². The molecule has 0 radical (unpaired) electrons. The minimum absolute atomic E-state index is 0.255. The summed E-state index contributed by atoms with van der Waals surface area (Å²) in [7, 11) is 0. The molecule has 0 atom stereocenters. The molecule has 1 aliphatic carbocycles. The number of hydrogen-bond acceptors (Lipinski definition) is 0. The van der Waals surface area contributed by atoms with Crippen molar-refractivity contribution in [3.8, 4) is 0 Å². The van der Waals surface area contributed by atoms with E-state index >= 15 is 0 Å². The van der Waals surface area contributed by atoms with Gasteiger partial charge in [0, 0.05) is 0 Å². The van der Waals surface area contributed by atoms with Gasteiger partial charge in [-0.05, 0) is 42.5 Å². The van der Waals surface area contributed by atoms with Crippen LogP contribution in [0.2, 0.25) is 5.02 Å². The first kappa shape index (κ1) is 7.11. The molecule has 2 heteroatoms. The Morgan fingerprint density at radius 2 is 1.82 bits per heavy atom. The molecule has 2 rings (SSSR count). The van der Waals surface area contributed by atoms with Crippen molar-refractivity contribution in [3.63, 3.8) is 0 Å². The monoisotopic (exact) mass is 170 g/mol. The highest BCUT2D eigenvalue weighted by molar-refractivity contribution is 6.30. The first-order valence-electron chi connectivity index (χ1n) is 3.74. The molecule has 0 aliphatic heterocycles. The molecule has 0 nitrogen and oxygen atoms in total. The zero-order valence-electron chi connectivity index (χ0n) is 6.03. The summed E-state index contributed by atoms with van der Waals surface area (Å²) in [6, 6.07) is 3.31. The Bertz CT molecular complexity index is 265. The maximum Gasteiger partial charge on any atom is 0.142 e. The van der Waals surface area contributed by atoms with Crippen LogP contribution in [0.5, 0.6) is 0 Å². The zero-order valence-corrected chi connectivity index (χ0v) is 6.79. The van der Waals surface area contributed by atoms with Gasteiger partial charge in [-0.3, -0.25) is 0 Å². The molecule has 0 heterocycles. The molecule has 58 valence electrons. The minimum Gasteiger partial charge on any atom is -0.205 e. The molecule has 0 saturated carbocycles. The van der Waals surface area contributed by atoms with Crippen molar-refractivity contribution in [2.75, 3.05) is 0 Å². The van der Waals surface area contributed by atoms with E-state index in [1.54, 1.807) is 12.1 Å². The molecular weight excluding hydrogens is 163 g/mol. The lowest BCUT2D eigenvalue weighted by atomic mass is 10.1. The summed E-state index contributed by atoms with van der Waals surface area (Å²) in [6.45, 7) is 0. The van der Waals surface area contributed by atoms with Crippen LogP contribution in [0.15, 0.2) is 12.1 Å². The number of rotatable bonds is 0. The molecule has 0 saturated heterocycles. The Balaban J connectivity index is 2.57. The molecule has 1 aliphatic rings. The van der Waals surface area contributed by atoms with Gasteiger partial charge in [0.2, 0.25) is 0 Å². The highest BCUT2D eigenvalue weighted by Crippen LogP contribution is 2.27. The van der Waals surface area contributed by atoms with Crippen LogP contribution in [0.3, 0.4) is 0 Å². The van der Waals surface area contributed by atoms with E-state index < -0.39 is 0 Å². The molecule has 0 bridgehead atoms. The molecule has 1 aromatic rings. The summed E-state index contributed by atoms with van der Waals surface area (Å²) in [5, 5.41) is 0.255. The lowest BCUT2D eigenvalue weighted by molar-refractivity contribution is 0.626. The molecule has 0 unspecified atom stereocenters. The lowest BCUT2D eigenvalue weighted by Crippen LogP contribution is -1.85. The third kappa shape index (κ3) is 1.14. The summed E-state index contributed by atoms with van der Waals surface area (Å²) >= 11 is 5.62. The second-order valence-electron chi connectivity index (χ2n) is 2.89. The van der Waals surface area contributed by atoms with Gasteiger partial charge in [-0.25, -0.2) is 4.39 Å². The van der Waals surface area contributed by atoms with Crippen LogP contribution in [-0.2, 0) is 12.8 Å². The molecule has 0 aromatic heterocycles. The second-order valence-corrected chi connectivity index (χ2v) is 3.30. The zero-order chi connectivity index (χ0) is 7.84. The third-order valence-corrected chi connectivity index (χ3v) is 2.42. The Kier molecular flexibility index (Phi) is 1.61. The van der Waals surface area contributed by atoms with E-state index in [1.807, 2.05) is 0 Å². The topological polar surface area (TPSA) is 0 Å². The summed E-state index contributed by atoms with van der Waals surface area (Å²) in [4.78, 5) is 0. The van der Waals surface area contributed by atoms with Crippen molar-refractivity contribution in [2.45, 2.75) is 19.3 Å². The van der Waals surface area contributed by atoms with Crippen molar-refractivity contribution in [1.82, 2.24) is 0 Å². The lowest BCUT2D eigenvalue weighted by Gasteiger charge is -1.99. The van der Waals surface area contributed by atoms with Crippen LogP contribution < -0.4 is 0 Å². The number of benzene rings is 1. The fourth-order valence-electron chi connectivity index (χ4n) is 1.56. The van der Waals surface area contributed by atoms with E-state index in [-0.39, 0.29) is 10.8 Å². The van der Waals surface area contributed by atoms with Gasteiger partial charge in [-0.2, -0.15) is 0 Å². The van der Waals surface area contributed by atoms with Gasteiger partial charge in [0.25, 0.3) is 0 Å². The van der Waals surface area contributed by atoms with Crippen LogP contribution in [0, 0.1) is 5.82 Å². The molecule has 1 aromatic carbocycles. The summed E-state index contributed by atoms with van der Waals surface area (Å²) in [6.07, 6.45) is 3.19. The van der Waals surface area contributed by atoms with Crippen LogP contribution in [0.25, 0.3) is 0 Å². The molecular formula is C9H8ClF. The quantitative estimate of drug-likeness (QED) is 0.562.